The van der Waals surface area contributed by atoms with Crippen LogP contribution in [0.3, 0.4) is 0 Å². The predicted molar refractivity (Wildman–Crippen MR) is 74.6 cm³/mol. The molecule has 0 heterocycles. The van der Waals surface area contributed by atoms with Gasteiger partial charge in [-0.2, -0.15) is 0 Å². The second kappa shape index (κ2) is 5.90. The Kier molecular flexibility index (Phi) is 4.44. The molecule has 0 aromatic heterocycles. The van der Waals surface area contributed by atoms with E-state index < -0.39 is 10.0 Å². The van der Waals surface area contributed by atoms with Crippen LogP contribution in [0, 0.1) is 0 Å². The number of aliphatic hydroxyl groups excluding tert-OH is 1. The molecule has 5 nitrogen and oxygen atoms in total. The van der Waals surface area contributed by atoms with Crippen molar-refractivity contribution < 1.29 is 13.5 Å². The summed E-state index contributed by atoms with van der Waals surface area (Å²) in [6.07, 6.45) is 3.37. The van der Waals surface area contributed by atoms with Crippen LogP contribution in [0.1, 0.15) is 25.7 Å². The van der Waals surface area contributed by atoms with Crippen molar-refractivity contribution in [3.63, 3.8) is 0 Å². The standard InChI is InChI=1S/C13H20N2O3S/c1-14-19(17,18)13-8-4-11(5-9-13)15-10-2-6-12(16)7-3-10/h4-5,8-10,12,14-16H,2-3,6-7H2,1H3. The van der Waals surface area contributed by atoms with Crippen molar-refractivity contribution in [1.82, 2.24) is 4.72 Å². The minimum absolute atomic E-state index is 0.166. The monoisotopic (exact) mass is 284 g/mol. The molecular weight excluding hydrogens is 264 g/mol. The first kappa shape index (κ1) is 14.3. The van der Waals surface area contributed by atoms with Gasteiger partial charge in [0, 0.05) is 11.7 Å². The van der Waals surface area contributed by atoms with E-state index in [0.717, 1.165) is 31.4 Å². The number of hydrogen-bond donors (Lipinski definition) is 3. The molecule has 1 aliphatic rings. The molecule has 3 N–H and O–H groups in total. The molecule has 1 aromatic carbocycles. The molecule has 0 unspecified atom stereocenters. The molecule has 0 spiro atoms. The van der Waals surface area contributed by atoms with Crippen LogP contribution in [0.2, 0.25) is 0 Å². The van der Waals surface area contributed by atoms with Gasteiger partial charge >= 0.3 is 0 Å². The van der Waals surface area contributed by atoms with Crippen molar-refractivity contribution in [3.8, 4) is 0 Å². The summed E-state index contributed by atoms with van der Waals surface area (Å²) in [7, 11) is -1.97. The fourth-order valence-corrected chi connectivity index (χ4v) is 3.03. The fourth-order valence-electron chi connectivity index (χ4n) is 2.30. The lowest BCUT2D eigenvalue weighted by atomic mass is 9.93. The summed E-state index contributed by atoms with van der Waals surface area (Å²) in [4.78, 5) is 0.264. The van der Waals surface area contributed by atoms with Gasteiger partial charge in [-0.25, -0.2) is 13.1 Å². The number of sulfonamides is 1. The normalized spacial score (nSPS) is 24.1. The van der Waals surface area contributed by atoms with Crippen molar-refractivity contribution in [2.24, 2.45) is 0 Å². The second-order valence-corrected chi connectivity index (χ2v) is 6.77. The van der Waals surface area contributed by atoms with Gasteiger partial charge in [-0.15, -0.1) is 0 Å². The zero-order valence-electron chi connectivity index (χ0n) is 11.0. The van der Waals surface area contributed by atoms with Crippen molar-refractivity contribution in [2.45, 2.75) is 42.7 Å². The van der Waals surface area contributed by atoms with Crippen molar-refractivity contribution in [1.29, 1.82) is 0 Å². The Morgan fingerprint density at radius 2 is 1.68 bits per heavy atom. The zero-order chi connectivity index (χ0) is 13.9. The summed E-state index contributed by atoms with van der Waals surface area (Å²) in [5.74, 6) is 0. The van der Waals surface area contributed by atoms with E-state index in [4.69, 9.17) is 0 Å². The number of aliphatic hydroxyl groups is 1. The summed E-state index contributed by atoms with van der Waals surface area (Å²) in [5, 5.41) is 12.8. The van der Waals surface area contributed by atoms with Crippen molar-refractivity contribution in [2.75, 3.05) is 12.4 Å². The van der Waals surface area contributed by atoms with Crippen LogP contribution in [0.25, 0.3) is 0 Å². The number of nitrogens with one attached hydrogen (secondary N) is 2. The average Bonchev–Trinajstić information content (AvgIpc) is 2.42. The molecule has 6 heteroatoms. The summed E-state index contributed by atoms with van der Waals surface area (Å²) < 4.78 is 25.4. The molecule has 0 aliphatic heterocycles. The summed E-state index contributed by atoms with van der Waals surface area (Å²) in [6.45, 7) is 0. The quantitative estimate of drug-likeness (QED) is 0.779. The van der Waals surface area contributed by atoms with Gasteiger partial charge < -0.3 is 10.4 Å². The molecule has 2 rings (SSSR count). The number of hydrogen-bond acceptors (Lipinski definition) is 4. The molecule has 0 atom stereocenters. The third kappa shape index (κ3) is 3.68. The highest BCUT2D eigenvalue weighted by Crippen LogP contribution is 2.22. The fraction of sp³-hybridized carbons (Fsp3) is 0.538. The van der Waals surface area contributed by atoms with Crippen molar-refractivity contribution in [3.05, 3.63) is 24.3 Å². The highest BCUT2D eigenvalue weighted by molar-refractivity contribution is 7.89. The minimum atomic E-state index is -3.37. The van der Waals surface area contributed by atoms with Gasteiger partial charge in [-0.1, -0.05) is 0 Å². The maximum atomic E-state index is 11.6. The molecule has 1 aromatic rings. The van der Waals surface area contributed by atoms with Crippen LogP contribution in [-0.4, -0.2) is 32.7 Å². The highest BCUT2D eigenvalue weighted by Gasteiger charge is 2.19. The van der Waals surface area contributed by atoms with E-state index in [9.17, 15) is 13.5 Å². The summed E-state index contributed by atoms with van der Waals surface area (Å²) in [6, 6.07) is 7.08. The van der Waals surface area contributed by atoms with Crippen molar-refractivity contribution >= 4 is 15.7 Å². The average molecular weight is 284 g/mol. The Hall–Kier alpha value is -1.11. The third-order valence-corrected chi connectivity index (χ3v) is 4.93. The van der Waals surface area contributed by atoms with E-state index in [-0.39, 0.29) is 11.0 Å². The Morgan fingerprint density at radius 3 is 2.21 bits per heavy atom. The van der Waals surface area contributed by atoms with Gasteiger partial charge in [0.2, 0.25) is 10.0 Å². The van der Waals surface area contributed by atoms with Gasteiger partial charge in [0.25, 0.3) is 0 Å². The molecule has 1 fully saturated rings. The highest BCUT2D eigenvalue weighted by atomic mass is 32.2. The first-order chi connectivity index (χ1) is 9.01. The smallest absolute Gasteiger partial charge is 0.240 e. The number of benzene rings is 1. The molecule has 0 saturated heterocycles. The molecule has 106 valence electrons. The third-order valence-electron chi connectivity index (χ3n) is 3.50. The first-order valence-electron chi connectivity index (χ1n) is 6.49. The van der Waals surface area contributed by atoms with Crippen LogP contribution < -0.4 is 10.0 Å². The summed E-state index contributed by atoms with van der Waals surface area (Å²) >= 11 is 0. The Bertz CT molecular complexity index is 505. The van der Waals surface area contributed by atoms with Crippen LogP contribution in [0.4, 0.5) is 5.69 Å². The minimum Gasteiger partial charge on any atom is -0.393 e. The van der Waals surface area contributed by atoms with E-state index in [2.05, 4.69) is 10.0 Å². The molecule has 1 aliphatic carbocycles. The van der Waals surface area contributed by atoms with Crippen LogP contribution in [-0.2, 0) is 10.0 Å². The largest absolute Gasteiger partial charge is 0.393 e. The Morgan fingerprint density at radius 1 is 1.11 bits per heavy atom. The molecule has 19 heavy (non-hydrogen) atoms. The van der Waals surface area contributed by atoms with Crippen LogP contribution >= 0.6 is 0 Å². The van der Waals surface area contributed by atoms with Gasteiger partial charge in [0.05, 0.1) is 11.0 Å². The maximum Gasteiger partial charge on any atom is 0.240 e. The lowest BCUT2D eigenvalue weighted by Crippen LogP contribution is -2.28. The van der Waals surface area contributed by atoms with Gasteiger partial charge in [0.15, 0.2) is 0 Å². The topological polar surface area (TPSA) is 78.4 Å². The molecular formula is C13H20N2O3S. The van der Waals surface area contributed by atoms with E-state index in [1.54, 1.807) is 24.3 Å². The van der Waals surface area contributed by atoms with E-state index in [1.165, 1.54) is 7.05 Å². The Balaban J connectivity index is 1.99. The van der Waals surface area contributed by atoms with Gasteiger partial charge in [0.1, 0.15) is 0 Å². The van der Waals surface area contributed by atoms with E-state index in [0.29, 0.717) is 6.04 Å². The molecule has 0 radical (unpaired) electrons. The van der Waals surface area contributed by atoms with E-state index in [1.807, 2.05) is 0 Å². The van der Waals surface area contributed by atoms with Gasteiger partial charge in [-0.3, -0.25) is 0 Å². The first-order valence-corrected chi connectivity index (χ1v) is 7.98. The zero-order valence-corrected chi connectivity index (χ0v) is 11.8. The van der Waals surface area contributed by atoms with Crippen LogP contribution in [0.15, 0.2) is 29.2 Å². The van der Waals surface area contributed by atoms with Gasteiger partial charge in [-0.05, 0) is 57.0 Å². The van der Waals surface area contributed by atoms with Crippen LogP contribution in [0.5, 0.6) is 0 Å². The molecule has 0 amide bonds. The predicted octanol–water partition coefficient (Wildman–Crippen LogP) is 1.31. The molecule has 0 bridgehead atoms. The van der Waals surface area contributed by atoms with E-state index >= 15 is 0 Å². The molecule has 1 saturated carbocycles. The lowest BCUT2D eigenvalue weighted by molar-refractivity contribution is 0.126. The SMILES string of the molecule is CNS(=O)(=O)c1ccc(NC2CCC(O)CC2)cc1. The summed E-state index contributed by atoms with van der Waals surface area (Å²) in [5.41, 5.74) is 0.913. The lowest BCUT2D eigenvalue weighted by Gasteiger charge is -2.27. The second-order valence-electron chi connectivity index (χ2n) is 4.88. The number of rotatable bonds is 4. The Labute approximate surface area is 114 Å². The maximum absolute atomic E-state index is 11.6. The number of anilines is 1.